The van der Waals surface area contributed by atoms with E-state index in [-0.39, 0.29) is 19.1 Å². The van der Waals surface area contributed by atoms with Crippen molar-refractivity contribution in [1.82, 2.24) is 16.0 Å². The molecule has 1 aromatic carbocycles. The van der Waals surface area contributed by atoms with Crippen LogP contribution in [-0.2, 0) is 30.5 Å². The lowest BCUT2D eigenvalue weighted by atomic mass is 10.1. The first kappa shape index (κ1) is 34.0. The standard InChI is InChI=1S/C27H47N7O5/c28-15-7-4-12-21(30)25(36)32-17-9-6-14-23(34-26(37)22(31)13-5-8-16-29)27(38)33-18-24(35)39-19-20-10-2-1-3-11-20/h1-3,10-11,21-23H,4-9,12-19,28-31H2,(H,32,36)(H,33,38)(H,34,37). The summed E-state index contributed by atoms with van der Waals surface area (Å²) in [5, 5.41) is 8.02. The number of rotatable bonds is 21. The van der Waals surface area contributed by atoms with E-state index in [1.165, 1.54) is 0 Å². The topological polar surface area (TPSA) is 218 Å². The van der Waals surface area contributed by atoms with Crippen molar-refractivity contribution in [3.8, 4) is 0 Å². The van der Waals surface area contributed by atoms with Crippen LogP contribution >= 0.6 is 0 Å². The van der Waals surface area contributed by atoms with Crippen LogP contribution in [0.2, 0.25) is 0 Å². The van der Waals surface area contributed by atoms with Crippen molar-refractivity contribution in [1.29, 1.82) is 0 Å². The summed E-state index contributed by atoms with van der Waals surface area (Å²) in [6.07, 6.45) is 5.46. The maximum Gasteiger partial charge on any atom is 0.325 e. The molecular weight excluding hydrogens is 502 g/mol. The third kappa shape index (κ3) is 15.8. The molecule has 3 unspecified atom stereocenters. The fourth-order valence-electron chi connectivity index (χ4n) is 3.71. The van der Waals surface area contributed by atoms with Gasteiger partial charge in [-0.2, -0.15) is 0 Å². The molecular formula is C27H47N7O5. The Morgan fingerprint density at radius 1 is 0.718 bits per heavy atom. The van der Waals surface area contributed by atoms with Crippen molar-refractivity contribution in [3.05, 3.63) is 35.9 Å². The van der Waals surface area contributed by atoms with E-state index in [0.29, 0.717) is 58.2 Å². The number of hydrogen-bond donors (Lipinski definition) is 7. The second kappa shape index (κ2) is 20.8. The van der Waals surface area contributed by atoms with Gasteiger partial charge in [0.15, 0.2) is 0 Å². The van der Waals surface area contributed by atoms with E-state index >= 15 is 0 Å². The zero-order valence-electron chi connectivity index (χ0n) is 22.9. The molecule has 0 heterocycles. The number of carbonyl (C=O) groups excluding carboxylic acids is 4. The van der Waals surface area contributed by atoms with E-state index in [9.17, 15) is 19.2 Å². The Kier molecular flexibility index (Phi) is 18.2. The Morgan fingerprint density at radius 3 is 1.92 bits per heavy atom. The molecule has 0 bridgehead atoms. The normalized spacial score (nSPS) is 13.1. The van der Waals surface area contributed by atoms with Crippen molar-refractivity contribution in [2.24, 2.45) is 22.9 Å². The maximum absolute atomic E-state index is 12.8. The summed E-state index contributed by atoms with van der Waals surface area (Å²) in [7, 11) is 0. The molecule has 12 heteroatoms. The lowest BCUT2D eigenvalue weighted by Crippen LogP contribution is -2.52. The number of benzene rings is 1. The van der Waals surface area contributed by atoms with Gasteiger partial charge in [0.25, 0.3) is 0 Å². The van der Waals surface area contributed by atoms with Crippen molar-refractivity contribution in [2.75, 3.05) is 26.2 Å². The van der Waals surface area contributed by atoms with Crippen molar-refractivity contribution in [3.63, 3.8) is 0 Å². The molecule has 39 heavy (non-hydrogen) atoms. The summed E-state index contributed by atoms with van der Waals surface area (Å²) in [5.41, 5.74) is 23.7. The van der Waals surface area contributed by atoms with Gasteiger partial charge in [0.1, 0.15) is 19.2 Å². The highest BCUT2D eigenvalue weighted by Crippen LogP contribution is 2.05. The van der Waals surface area contributed by atoms with Crippen LogP contribution in [0.4, 0.5) is 0 Å². The largest absolute Gasteiger partial charge is 0.460 e. The van der Waals surface area contributed by atoms with E-state index in [0.717, 1.165) is 24.8 Å². The first-order chi connectivity index (χ1) is 18.8. The van der Waals surface area contributed by atoms with Crippen LogP contribution in [-0.4, -0.2) is 68.0 Å². The van der Waals surface area contributed by atoms with E-state index in [1.54, 1.807) is 0 Å². The second-order valence-corrected chi connectivity index (χ2v) is 9.49. The summed E-state index contributed by atoms with van der Waals surface area (Å²) in [6, 6.07) is 6.93. The van der Waals surface area contributed by atoms with Gasteiger partial charge in [-0.1, -0.05) is 43.2 Å². The highest BCUT2D eigenvalue weighted by atomic mass is 16.5. The van der Waals surface area contributed by atoms with Gasteiger partial charge in [0, 0.05) is 6.54 Å². The third-order valence-corrected chi connectivity index (χ3v) is 6.11. The quantitative estimate of drug-likeness (QED) is 0.0777. The number of unbranched alkanes of at least 4 members (excludes halogenated alkanes) is 3. The van der Waals surface area contributed by atoms with Crippen LogP contribution in [0.1, 0.15) is 63.4 Å². The zero-order valence-corrected chi connectivity index (χ0v) is 22.9. The highest BCUT2D eigenvalue weighted by Gasteiger charge is 2.24. The monoisotopic (exact) mass is 549 g/mol. The van der Waals surface area contributed by atoms with Gasteiger partial charge >= 0.3 is 5.97 Å². The van der Waals surface area contributed by atoms with E-state index in [2.05, 4.69) is 16.0 Å². The van der Waals surface area contributed by atoms with Crippen LogP contribution in [0, 0.1) is 0 Å². The van der Waals surface area contributed by atoms with Gasteiger partial charge in [0.2, 0.25) is 17.7 Å². The second-order valence-electron chi connectivity index (χ2n) is 9.49. The highest BCUT2D eigenvalue weighted by molar-refractivity contribution is 5.91. The average Bonchev–Trinajstić information content (AvgIpc) is 2.94. The Balaban J connectivity index is 2.54. The first-order valence-electron chi connectivity index (χ1n) is 13.7. The summed E-state index contributed by atoms with van der Waals surface area (Å²) in [5.74, 6) is -1.79. The van der Waals surface area contributed by atoms with Gasteiger partial charge in [-0.3, -0.25) is 19.2 Å². The van der Waals surface area contributed by atoms with Crippen LogP contribution in [0.15, 0.2) is 30.3 Å². The molecule has 0 saturated heterocycles. The Bertz CT molecular complexity index is 856. The third-order valence-electron chi connectivity index (χ3n) is 6.11. The maximum atomic E-state index is 12.8. The first-order valence-corrected chi connectivity index (χ1v) is 13.7. The molecule has 0 saturated carbocycles. The average molecular weight is 550 g/mol. The number of nitrogens with two attached hydrogens (primary N) is 4. The number of esters is 1. The molecule has 0 aliphatic carbocycles. The molecule has 3 atom stereocenters. The van der Waals surface area contributed by atoms with Crippen LogP contribution < -0.4 is 38.9 Å². The minimum Gasteiger partial charge on any atom is -0.460 e. The lowest BCUT2D eigenvalue weighted by molar-refractivity contribution is -0.145. The number of nitrogens with one attached hydrogen (secondary N) is 3. The minimum absolute atomic E-state index is 0.0930. The molecule has 1 rings (SSSR count). The molecule has 220 valence electrons. The molecule has 1 aromatic rings. The molecule has 0 aliphatic rings. The number of ether oxygens (including phenoxy) is 1. The molecule has 11 N–H and O–H groups in total. The van der Waals surface area contributed by atoms with Crippen molar-refractivity contribution >= 4 is 23.7 Å². The summed E-state index contributed by atoms with van der Waals surface area (Å²) in [4.78, 5) is 49.7. The molecule has 0 aliphatic heterocycles. The smallest absolute Gasteiger partial charge is 0.325 e. The zero-order chi connectivity index (χ0) is 28.9. The lowest BCUT2D eigenvalue weighted by Gasteiger charge is -2.21. The summed E-state index contributed by atoms with van der Waals surface area (Å²) >= 11 is 0. The van der Waals surface area contributed by atoms with Gasteiger partial charge in [-0.25, -0.2) is 0 Å². The molecule has 12 nitrogen and oxygen atoms in total. The van der Waals surface area contributed by atoms with Crippen LogP contribution in [0.25, 0.3) is 0 Å². The predicted molar refractivity (Wildman–Crippen MR) is 150 cm³/mol. The SMILES string of the molecule is NCCCCC(N)C(=O)NCCCCC(NC(=O)C(N)CCCCN)C(=O)NCC(=O)OCc1ccccc1. The number of carbonyl (C=O) groups is 4. The van der Waals surface area contributed by atoms with E-state index in [1.807, 2.05) is 30.3 Å². The van der Waals surface area contributed by atoms with Gasteiger partial charge in [0.05, 0.1) is 12.1 Å². The molecule has 0 aromatic heterocycles. The Morgan fingerprint density at radius 2 is 1.31 bits per heavy atom. The predicted octanol–water partition coefficient (Wildman–Crippen LogP) is -0.470. The Labute approximate surface area is 231 Å². The van der Waals surface area contributed by atoms with E-state index in [4.69, 9.17) is 27.7 Å². The van der Waals surface area contributed by atoms with Crippen molar-refractivity contribution in [2.45, 2.75) is 82.5 Å². The fourth-order valence-corrected chi connectivity index (χ4v) is 3.71. The number of amides is 3. The fraction of sp³-hybridized carbons (Fsp3) is 0.630. The molecule has 0 fully saturated rings. The van der Waals surface area contributed by atoms with E-state index < -0.39 is 35.9 Å². The Hall–Kier alpha value is -3.06. The van der Waals surface area contributed by atoms with Gasteiger partial charge in [-0.05, 0) is 63.6 Å². The molecule has 0 radical (unpaired) electrons. The molecule has 3 amide bonds. The van der Waals surface area contributed by atoms with Crippen LogP contribution in [0.3, 0.4) is 0 Å². The van der Waals surface area contributed by atoms with Crippen LogP contribution in [0.5, 0.6) is 0 Å². The number of hydrogen-bond acceptors (Lipinski definition) is 9. The van der Waals surface area contributed by atoms with Crippen molar-refractivity contribution < 1.29 is 23.9 Å². The van der Waals surface area contributed by atoms with Gasteiger partial charge < -0.3 is 43.6 Å². The molecule has 0 spiro atoms. The van der Waals surface area contributed by atoms with Gasteiger partial charge in [-0.15, -0.1) is 0 Å². The summed E-state index contributed by atoms with van der Waals surface area (Å²) < 4.78 is 5.19. The summed E-state index contributed by atoms with van der Waals surface area (Å²) in [6.45, 7) is 1.21. The minimum atomic E-state index is -0.894.